The molecule has 0 aromatic rings. The summed E-state index contributed by atoms with van der Waals surface area (Å²) >= 11 is 0. The van der Waals surface area contributed by atoms with E-state index in [1.165, 1.54) is 12.8 Å². The van der Waals surface area contributed by atoms with Crippen LogP contribution >= 0.6 is 0 Å². The molecule has 0 bridgehead atoms. The van der Waals surface area contributed by atoms with Gasteiger partial charge in [0.2, 0.25) is 0 Å². The Morgan fingerprint density at radius 3 is 2.13 bits per heavy atom. The van der Waals surface area contributed by atoms with Gasteiger partial charge in [0.05, 0.1) is 15.7 Å². The average molecular weight is 231 g/mol. The number of hydrogen-bond acceptors (Lipinski definition) is 1. The van der Waals surface area contributed by atoms with E-state index in [9.17, 15) is 4.21 Å². The van der Waals surface area contributed by atoms with Gasteiger partial charge in [-0.05, 0) is 59.3 Å². The van der Waals surface area contributed by atoms with Gasteiger partial charge in [-0.3, -0.25) is 0 Å². The topological polar surface area (TPSA) is 29.1 Å². The van der Waals surface area contributed by atoms with Crippen molar-refractivity contribution in [3.63, 3.8) is 0 Å². The molecule has 3 heteroatoms. The molecule has 1 unspecified atom stereocenters. The second-order valence-electron chi connectivity index (χ2n) is 6.23. The van der Waals surface area contributed by atoms with Crippen LogP contribution < -0.4 is 4.72 Å². The minimum atomic E-state index is -0.935. The van der Waals surface area contributed by atoms with Crippen molar-refractivity contribution >= 4 is 11.0 Å². The lowest BCUT2D eigenvalue weighted by Crippen LogP contribution is -2.49. The van der Waals surface area contributed by atoms with E-state index in [-0.39, 0.29) is 10.3 Å². The molecule has 2 nitrogen and oxygen atoms in total. The third-order valence-electron chi connectivity index (χ3n) is 3.27. The van der Waals surface area contributed by atoms with Gasteiger partial charge < -0.3 is 0 Å². The van der Waals surface area contributed by atoms with Crippen LogP contribution in [0.3, 0.4) is 0 Å². The van der Waals surface area contributed by atoms with Crippen molar-refractivity contribution in [2.24, 2.45) is 5.92 Å². The molecule has 0 heterocycles. The first-order chi connectivity index (χ1) is 6.73. The van der Waals surface area contributed by atoms with Gasteiger partial charge in [0.25, 0.3) is 0 Å². The minimum absolute atomic E-state index is 0.0879. The molecule has 1 aliphatic carbocycles. The SMILES string of the molecule is CC1CCC(C)(NS(=O)C(C)(C)C)CC1. The molecule has 90 valence electrons. The quantitative estimate of drug-likeness (QED) is 0.777. The largest absolute Gasteiger partial charge is 0.242 e. The molecule has 0 saturated heterocycles. The van der Waals surface area contributed by atoms with Crippen LogP contribution in [0.15, 0.2) is 0 Å². The molecule has 15 heavy (non-hydrogen) atoms. The molecular weight excluding hydrogens is 206 g/mol. The summed E-state index contributed by atoms with van der Waals surface area (Å²) in [4.78, 5) is 0. The third-order valence-corrected chi connectivity index (χ3v) is 5.06. The monoisotopic (exact) mass is 231 g/mol. The van der Waals surface area contributed by atoms with Crippen LogP contribution in [-0.4, -0.2) is 14.5 Å². The van der Waals surface area contributed by atoms with Crippen molar-refractivity contribution in [1.82, 2.24) is 4.72 Å². The molecule has 1 saturated carbocycles. The first kappa shape index (κ1) is 13.2. The number of rotatable bonds is 2. The van der Waals surface area contributed by atoms with Crippen molar-refractivity contribution < 1.29 is 4.21 Å². The van der Waals surface area contributed by atoms with Crippen LogP contribution in [-0.2, 0) is 11.0 Å². The molecule has 1 N–H and O–H groups in total. The molecular formula is C12H25NOS. The summed E-state index contributed by atoms with van der Waals surface area (Å²) in [5, 5.41) is 0. The fourth-order valence-electron chi connectivity index (χ4n) is 1.88. The second kappa shape index (κ2) is 4.54. The molecule has 0 amide bonds. The van der Waals surface area contributed by atoms with E-state index in [1.54, 1.807) is 0 Å². The van der Waals surface area contributed by atoms with E-state index in [0.29, 0.717) is 0 Å². The zero-order valence-electron chi connectivity index (χ0n) is 10.7. The molecule has 1 atom stereocenters. The van der Waals surface area contributed by atoms with Gasteiger partial charge in [-0.25, -0.2) is 8.93 Å². The molecule has 0 aromatic heterocycles. The molecule has 0 aliphatic heterocycles. The highest BCUT2D eigenvalue weighted by atomic mass is 32.2. The Balaban J connectivity index is 2.54. The fourth-order valence-corrected chi connectivity index (χ4v) is 2.84. The molecule has 0 radical (unpaired) electrons. The highest BCUT2D eigenvalue weighted by Gasteiger charge is 2.33. The lowest BCUT2D eigenvalue weighted by molar-refractivity contribution is 0.246. The van der Waals surface area contributed by atoms with Crippen molar-refractivity contribution in [2.45, 2.75) is 70.6 Å². The van der Waals surface area contributed by atoms with E-state index >= 15 is 0 Å². The van der Waals surface area contributed by atoms with Crippen LogP contribution in [0, 0.1) is 5.92 Å². The molecule has 1 rings (SSSR count). The van der Waals surface area contributed by atoms with E-state index in [2.05, 4.69) is 18.6 Å². The summed E-state index contributed by atoms with van der Waals surface area (Å²) in [6.45, 7) is 10.6. The minimum Gasteiger partial charge on any atom is -0.242 e. The van der Waals surface area contributed by atoms with Crippen molar-refractivity contribution in [3.05, 3.63) is 0 Å². The Kier molecular flexibility index (Phi) is 3.99. The summed E-state index contributed by atoms with van der Waals surface area (Å²) in [7, 11) is -0.935. The van der Waals surface area contributed by atoms with Crippen LogP contribution in [0.4, 0.5) is 0 Å². The maximum Gasteiger partial charge on any atom is 0.0975 e. The average Bonchev–Trinajstić information content (AvgIpc) is 2.09. The molecule has 1 fully saturated rings. The summed E-state index contributed by atoms with van der Waals surface area (Å²) in [6.07, 6.45) is 4.81. The summed E-state index contributed by atoms with van der Waals surface area (Å²) in [5.41, 5.74) is 0.0879. The van der Waals surface area contributed by atoms with Gasteiger partial charge in [-0.15, -0.1) is 0 Å². The maximum absolute atomic E-state index is 12.0. The predicted octanol–water partition coefficient (Wildman–Crippen LogP) is 3.01. The van der Waals surface area contributed by atoms with Gasteiger partial charge in [0.15, 0.2) is 0 Å². The highest BCUT2D eigenvalue weighted by molar-refractivity contribution is 7.84. The van der Waals surface area contributed by atoms with E-state index in [1.807, 2.05) is 20.8 Å². The van der Waals surface area contributed by atoms with Gasteiger partial charge in [-0.2, -0.15) is 0 Å². The molecule has 1 aliphatic rings. The molecule has 0 spiro atoms. The van der Waals surface area contributed by atoms with Crippen LogP contribution in [0.25, 0.3) is 0 Å². The number of hydrogen-bond donors (Lipinski definition) is 1. The third kappa shape index (κ3) is 3.87. The van der Waals surface area contributed by atoms with Crippen molar-refractivity contribution in [1.29, 1.82) is 0 Å². The van der Waals surface area contributed by atoms with Crippen LogP contribution in [0.5, 0.6) is 0 Å². The van der Waals surface area contributed by atoms with Gasteiger partial charge in [-0.1, -0.05) is 6.92 Å². The van der Waals surface area contributed by atoms with Crippen molar-refractivity contribution in [3.8, 4) is 0 Å². The van der Waals surface area contributed by atoms with Crippen LogP contribution in [0.1, 0.15) is 60.3 Å². The Morgan fingerprint density at radius 2 is 1.73 bits per heavy atom. The van der Waals surface area contributed by atoms with Crippen LogP contribution in [0.2, 0.25) is 0 Å². The predicted molar refractivity (Wildman–Crippen MR) is 67.1 cm³/mol. The van der Waals surface area contributed by atoms with E-state index in [4.69, 9.17) is 0 Å². The Morgan fingerprint density at radius 1 is 1.27 bits per heavy atom. The van der Waals surface area contributed by atoms with E-state index < -0.39 is 11.0 Å². The van der Waals surface area contributed by atoms with Crippen molar-refractivity contribution in [2.75, 3.05) is 0 Å². The van der Waals surface area contributed by atoms with Gasteiger partial charge >= 0.3 is 0 Å². The zero-order chi connectivity index (χ0) is 11.7. The Labute approximate surface area is 96.8 Å². The smallest absolute Gasteiger partial charge is 0.0975 e. The first-order valence-electron chi connectivity index (χ1n) is 5.93. The molecule has 0 aromatic carbocycles. The summed E-state index contributed by atoms with van der Waals surface area (Å²) in [5.74, 6) is 0.836. The second-order valence-corrected chi connectivity index (χ2v) is 8.19. The van der Waals surface area contributed by atoms with Gasteiger partial charge in [0.1, 0.15) is 0 Å². The summed E-state index contributed by atoms with van der Waals surface area (Å²) < 4.78 is 15.2. The zero-order valence-corrected chi connectivity index (χ0v) is 11.5. The highest BCUT2D eigenvalue weighted by Crippen LogP contribution is 2.32. The number of nitrogens with one attached hydrogen (secondary N) is 1. The lowest BCUT2D eigenvalue weighted by atomic mass is 9.79. The Hall–Kier alpha value is 0.110. The fraction of sp³-hybridized carbons (Fsp3) is 1.00. The lowest BCUT2D eigenvalue weighted by Gasteiger charge is -2.38. The Bertz CT molecular complexity index is 236. The maximum atomic E-state index is 12.0. The normalized spacial score (nSPS) is 35.1. The standard InChI is InChI=1S/C12H25NOS/c1-10-6-8-12(5,9-7-10)13-15(14)11(2,3)4/h10,13H,6-9H2,1-5H3. The summed E-state index contributed by atoms with van der Waals surface area (Å²) in [6, 6.07) is 0. The van der Waals surface area contributed by atoms with Gasteiger partial charge in [0, 0.05) is 5.54 Å². The van der Waals surface area contributed by atoms with E-state index in [0.717, 1.165) is 18.8 Å². The first-order valence-corrected chi connectivity index (χ1v) is 7.08.